The molecule has 0 unspecified atom stereocenters. The van der Waals surface area contributed by atoms with Crippen molar-refractivity contribution in [2.75, 3.05) is 6.54 Å². The number of hydrogen-bond donors (Lipinski definition) is 0. The normalized spacial score (nSPS) is 15.0. The first-order valence-electron chi connectivity index (χ1n) is 12.5. The Morgan fingerprint density at radius 3 is 2.27 bits per heavy atom. The van der Waals surface area contributed by atoms with Gasteiger partial charge in [0.25, 0.3) is 0 Å². The first-order chi connectivity index (χ1) is 15.7. The predicted octanol–water partition coefficient (Wildman–Crippen LogP) is 5.48. The van der Waals surface area contributed by atoms with Gasteiger partial charge in [0.2, 0.25) is 11.8 Å². The largest absolute Gasteiger partial charge is 0.345 e. The molecule has 1 fully saturated rings. The van der Waals surface area contributed by atoms with Crippen LogP contribution in [0.1, 0.15) is 78.0 Å². The Labute approximate surface area is 199 Å². The molecule has 5 heteroatoms. The van der Waals surface area contributed by atoms with E-state index in [1.54, 1.807) is 4.90 Å². The third-order valence-corrected chi connectivity index (χ3v) is 6.62. The second-order valence-electron chi connectivity index (χ2n) is 10.7. The quantitative estimate of drug-likeness (QED) is 0.533. The molecule has 1 aliphatic rings. The summed E-state index contributed by atoms with van der Waals surface area (Å²) in [7, 11) is 0. The van der Waals surface area contributed by atoms with Crippen LogP contribution in [0.4, 0.5) is 0 Å². The molecule has 3 rings (SSSR count). The third kappa shape index (κ3) is 6.72. The molecule has 0 spiro atoms. The molecule has 1 saturated carbocycles. The molecule has 5 nitrogen and oxygen atoms in total. The van der Waals surface area contributed by atoms with Crippen LogP contribution in [0, 0.1) is 5.41 Å². The standard InChI is InChI=1S/C28H41N3O2/c1-22(2)30(27(33)28(3,4)5)21-26(32)31(24-15-10-7-11-16-24)20-25-17-12-18-29(25)19-23-13-8-6-9-14-23/h6,8-9,12-14,17-18,22,24H,7,10-11,15-16,19-21H2,1-5H3. The Kier molecular flexibility index (Phi) is 8.39. The molecule has 0 radical (unpaired) electrons. The van der Waals surface area contributed by atoms with Crippen LogP contribution in [-0.2, 0) is 22.7 Å². The lowest BCUT2D eigenvalue weighted by Crippen LogP contribution is -2.51. The van der Waals surface area contributed by atoms with Gasteiger partial charge in [-0.1, -0.05) is 70.4 Å². The van der Waals surface area contributed by atoms with E-state index < -0.39 is 5.41 Å². The predicted molar refractivity (Wildman–Crippen MR) is 134 cm³/mol. The van der Waals surface area contributed by atoms with Crippen molar-refractivity contribution in [3.63, 3.8) is 0 Å². The summed E-state index contributed by atoms with van der Waals surface area (Å²) in [5, 5.41) is 0. The maximum absolute atomic E-state index is 13.7. The van der Waals surface area contributed by atoms with Gasteiger partial charge in [-0.25, -0.2) is 0 Å². The molecular formula is C28H41N3O2. The molecule has 0 saturated heterocycles. The minimum absolute atomic E-state index is 0.0178. The lowest BCUT2D eigenvalue weighted by atomic mass is 9.93. The Hall–Kier alpha value is -2.56. The maximum atomic E-state index is 13.7. The van der Waals surface area contributed by atoms with Crippen LogP contribution in [-0.4, -0.2) is 44.8 Å². The van der Waals surface area contributed by atoms with Crippen molar-refractivity contribution in [1.29, 1.82) is 0 Å². The molecular weight excluding hydrogens is 410 g/mol. The van der Waals surface area contributed by atoms with Crippen molar-refractivity contribution in [2.24, 2.45) is 5.41 Å². The Balaban J connectivity index is 1.81. The van der Waals surface area contributed by atoms with Gasteiger partial charge in [-0.05, 0) is 44.4 Å². The molecule has 180 valence electrons. The highest BCUT2D eigenvalue weighted by atomic mass is 16.2. The zero-order chi connectivity index (χ0) is 24.0. The number of carbonyl (C=O) groups excluding carboxylic acids is 2. The zero-order valence-corrected chi connectivity index (χ0v) is 21.1. The summed E-state index contributed by atoms with van der Waals surface area (Å²) in [6.45, 7) is 11.3. The highest BCUT2D eigenvalue weighted by Gasteiger charge is 2.33. The smallest absolute Gasteiger partial charge is 0.242 e. The number of benzene rings is 1. The van der Waals surface area contributed by atoms with E-state index in [0.717, 1.165) is 37.9 Å². The van der Waals surface area contributed by atoms with Crippen LogP contribution in [0.5, 0.6) is 0 Å². The van der Waals surface area contributed by atoms with Crippen LogP contribution >= 0.6 is 0 Å². The number of carbonyl (C=O) groups is 2. The average molecular weight is 452 g/mol. The molecule has 0 aliphatic heterocycles. The molecule has 0 N–H and O–H groups in total. The van der Waals surface area contributed by atoms with Gasteiger partial charge in [0.15, 0.2) is 0 Å². The maximum Gasteiger partial charge on any atom is 0.242 e. The van der Waals surface area contributed by atoms with Gasteiger partial charge in [-0.3, -0.25) is 9.59 Å². The Morgan fingerprint density at radius 2 is 1.67 bits per heavy atom. The van der Waals surface area contributed by atoms with E-state index in [0.29, 0.717) is 6.54 Å². The van der Waals surface area contributed by atoms with Crippen LogP contribution < -0.4 is 0 Å². The van der Waals surface area contributed by atoms with Crippen molar-refractivity contribution < 1.29 is 9.59 Å². The summed E-state index contributed by atoms with van der Waals surface area (Å²) >= 11 is 0. The van der Waals surface area contributed by atoms with Crippen molar-refractivity contribution in [3.8, 4) is 0 Å². The van der Waals surface area contributed by atoms with Crippen molar-refractivity contribution in [2.45, 2.75) is 91.9 Å². The highest BCUT2D eigenvalue weighted by molar-refractivity contribution is 5.87. The number of nitrogens with zero attached hydrogens (tertiary/aromatic N) is 3. The molecule has 1 aliphatic carbocycles. The van der Waals surface area contributed by atoms with Gasteiger partial charge in [0.1, 0.15) is 6.54 Å². The number of aromatic nitrogens is 1. The molecule has 33 heavy (non-hydrogen) atoms. The summed E-state index contributed by atoms with van der Waals surface area (Å²) in [5.74, 6) is 0.0857. The minimum Gasteiger partial charge on any atom is -0.345 e. The van der Waals surface area contributed by atoms with E-state index in [4.69, 9.17) is 0 Å². The summed E-state index contributed by atoms with van der Waals surface area (Å²) in [6, 6.07) is 14.8. The second-order valence-corrected chi connectivity index (χ2v) is 10.7. The van der Waals surface area contributed by atoms with Crippen molar-refractivity contribution in [3.05, 3.63) is 59.9 Å². The molecule has 1 aromatic carbocycles. The molecule has 0 bridgehead atoms. The fraction of sp³-hybridized carbons (Fsp3) is 0.571. The van der Waals surface area contributed by atoms with Gasteiger partial charge in [-0.2, -0.15) is 0 Å². The second kappa shape index (κ2) is 11.0. The fourth-order valence-electron chi connectivity index (χ4n) is 4.67. The van der Waals surface area contributed by atoms with Crippen LogP contribution in [0.2, 0.25) is 0 Å². The summed E-state index contributed by atoms with van der Waals surface area (Å²) in [5.41, 5.74) is 1.87. The Morgan fingerprint density at radius 1 is 1.00 bits per heavy atom. The number of hydrogen-bond acceptors (Lipinski definition) is 2. The number of amides is 2. The Bertz CT molecular complexity index is 905. The summed E-state index contributed by atoms with van der Waals surface area (Å²) < 4.78 is 2.24. The monoisotopic (exact) mass is 451 g/mol. The lowest BCUT2D eigenvalue weighted by Gasteiger charge is -2.38. The SMILES string of the molecule is CC(C)N(CC(=O)N(Cc1cccn1Cc1ccccc1)C1CCCCC1)C(=O)C(C)(C)C. The van der Waals surface area contributed by atoms with Crippen molar-refractivity contribution in [1.82, 2.24) is 14.4 Å². The first kappa shape index (κ1) is 25.1. The first-order valence-corrected chi connectivity index (χ1v) is 12.5. The lowest BCUT2D eigenvalue weighted by molar-refractivity contribution is -0.148. The van der Waals surface area contributed by atoms with Gasteiger partial charge in [0, 0.05) is 35.9 Å². The topological polar surface area (TPSA) is 45.6 Å². The molecule has 1 aromatic heterocycles. The van der Waals surface area contributed by atoms with E-state index in [1.807, 2.05) is 40.7 Å². The fourth-order valence-corrected chi connectivity index (χ4v) is 4.67. The third-order valence-electron chi connectivity index (χ3n) is 6.62. The highest BCUT2D eigenvalue weighted by Crippen LogP contribution is 2.26. The van der Waals surface area contributed by atoms with Gasteiger partial charge < -0.3 is 14.4 Å². The summed E-state index contributed by atoms with van der Waals surface area (Å²) in [4.78, 5) is 30.6. The van der Waals surface area contributed by atoms with Crippen LogP contribution in [0.15, 0.2) is 48.7 Å². The minimum atomic E-state index is -0.509. The molecule has 1 heterocycles. The zero-order valence-electron chi connectivity index (χ0n) is 21.1. The van der Waals surface area contributed by atoms with Crippen molar-refractivity contribution >= 4 is 11.8 Å². The van der Waals surface area contributed by atoms with Crippen LogP contribution in [0.3, 0.4) is 0 Å². The van der Waals surface area contributed by atoms with E-state index in [2.05, 4.69) is 52.1 Å². The van der Waals surface area contributed by atoms with Gasteiger partial charge >= 0.3 is 0 Å². The van der Waals surface area contributed by atoms with Gasteiger partial charge in [-0.15, -0.1) is 0 Å². The molecule has 2 aromatic rings. The summed E-state index contributed by atoms with van der Waals surface area (Å²) in [6.07, 6.45) is 7.74. The van der Waals surface area contributed by atoms with E-state index in [-0.39, 0.29) is 30.4 Å². The van der Waals surface area contributed by atoms with E-state index >= 15 is 0 Å². The number of rotatable bonds is 8. The van der Waals surface area contributed by atoms with Crippen LogP contribution in [0.25, 0.3) is 0 Å². The van der Waals surface area contributed by atoms with E-state index in [9.17, 15) is 9.59 Å². The van der Waals surface area contributed by atoms with Gasteiger partial charge in [0.05, 0.1) is 6.54 Å². The average Bonchev–Trinajstić information content (AvgIpc) is 3.22. The van der Waals surface area contributed by atoms with E-state index in [1.165, 1.54) is 12.0 Å². The molecule has 2 amide bonds. The molecule has 0 atom stereocenters.